The number of aromatic nitrogens is 3. The predicted molar refractivity (Wildman–Crippen MR) is 101 cm³/mol. The van der Waals surface area contributed by atoms with Crippen LogP contribution in [0.25, 0.3) is 11.4 Å². The molecule has 1 aromatic heterocycles. The first-order valence-electron chi connectivity index (χ1n) is 6.33. The van der Waals surface area contributed by atoms with Gasteiger partial charge >= 0.3 is 5.97 Å². The van der Waals surface area contributed by atoms with Crippen molar-refractivity contribution in [2.24, 2.45) is 0 Å². The second kappa shape index (κ2) is 8.21. The number of hydrogen-bond acceptors (Lipinski definition) is 6. The number of nitrogens with zero attached hydrogens (tertiary/aromatic N) is 3. The van der Waals surface area contributed by atoms with Crippen molar-refractivity contribution >= 4 is 87.6 Å². The number of benzene rings is 1. The van der Waals surface area contributed by atoms with Gasteiger partial charge in [0.15, 0.2) is 17.5 Å². The van der Waals surface area contributed by atoms with Crippen molar-refractivity contribution in [3.05, 3.63) is 35.9 Å². The van der Waals surface area contributed by atoms with E-state index in [1.54, 1.807) is 24.3 Å². The van der Waals surface area contributed by atoms with Crippen molar-refractivity contribution in [3.8, 4) is 11.4 Å². The third-order valence-electron chi connectivity index (χ3n) is 2.51. The molecule has 2 aromatic rings. The quantitative estimate of drug-likeness (QED) is 0.410. The van der Waals surface area contributed by atoms with Gasteiger partial charge in [-0.2, -0.15) is 0 Å². The first-order chi connectivity index (χ1) is 11.5. The van der Waals surface area contributed by atoms with Gasteiger partial charge in [0.05, 0.1) is 12.0 Å². The summed E-state index contributed by atoms with van der Waals surface area (Å²) in [5.41, 5.74) is 0.556. The highest BCUT2D eigenvalue weighted by molar-refractivity contribution is 7.95. The van der Waals surface area contributed by atoms with Crippen LogP contribution < -0.4 is 0 Å². The van der Waals surface area contributed by atoms with E-state index in [1.165, 1.54) is 6.92 Å². The van der Waals surface area contributed by atoms with E-state index in [-0.39, 0.29) is 17.5 Å². The number of carbonyl (C=O) groups is 1. The minimum Gasteiger partial charge on any atom is -0.386 e. The maximum atomic E-state index is 10.8. The van der Waals surface area contributed by atoms with Gasteiger partial charge < -0.3 is 4.18 Å². The monoisotopic (exact) mass is 479 g/mol. The molecule has 0 spiro atoms. The van der Waals surface area contributed by atoms with Crippen LogP contribution in [-0.4, -0.2) is 20.9 Å². The molecule has 0 fully saturated rings. The van der Waals surface area contributed by atoms with Crippen LogP contribution in [0.15, 0.2) is 29.2 Å². The molecule has 0 atom stereocenters. The smallest absolute Gasteiger partial charge is 0.315 e. The van der Waals surface area contributed by atoms with Crippen molar-refractivity contribution in [2.45, 2.75) is 19.4 Å². The van der Waals surface area contributed by atoms with E-state index in [1.807, 2.05) is 0 Å². The topological polar surface area (TPSA) is 65.0 Å². The van der Waals surface area contributed by atoms with Crippen molar-refractivity contribution in [3.63, 3.8) is 0 Å². The molecule has 1 heterocycles. The predicted octanol–water partition coefficient (Wildman–Crippen LogP) is 5.76. The number of rotatable bonds is 3. The fourth-order valence-electron chi connectivity index (χ4n) is 1.52. The van der Waals surface area contributed by atoms with Gasteiger partial charge in [-0.25, -0.2) is 15.0 Å². The largest absolute Gasteiger partial charge is 0.386 e. The van der Waals surface area contributed by atoms with Crippen LogP contribution in [0.1, 0.15) is 18.6 Å². The molecule has 0 saturated heterocycles. The molecule has 5 nitrogen and oxygen atoms in total. The molecule has 2 rings (SSSR count). The average Bonchev–Trinajstić information content (AvgIpc) is 2.51. The van der Waals surface area contributed by atoms with Crippen LogP contribution in [0.2, 0.25) is 0 Å². The lowest BCUT2D eigenvalue weighted by atomic mass is 10.2. The minimum absolute atomic E-state index is 0.154. The zero-order chi connectivity index (χ0) is 18.8. The molecule has 0 unspecified atom stereocenters. The summed E-state index contributed by atoms with van der Waals surface area (Å²) in [7, 11) is 0. The van der Waals surface area contributed by atoms with Gasteiger partial charge in [-0.3, -0.25) is 4.79 Å². The van der Waals surface area contributed by atoms with Gasteiger partial charge in [0, 0.05) is 17.4 Å². The van der Waals surface area contributed by atoms with Crippen LogP contribution in [0.4, 0.5) is 0 Å². The molecular weight excluding hydrogens is 475 g/mol. The molecule has 0 radical (unpaired) electrons. The summed E-state index contributed by atoms with van der Waals surface area (Å²) in [5, 5.41) is 0. The molecule has 0 aliphatic heterocycles. The number of alkyl halides is 6. The lowest BCUT2D eigenvalue weighted by molar-refractivity contribution is -0.130. The molecule has 0 aliphatic rings. The summed E-state index contributed by atoms with van der Waals surface area (Å²) < 4.78 is 0.987. The molecule has 12 heteroatoms. The Morgan fingerprint density at radius 1 is 0.920 bits per heavy atom. The molecule has 0 bridgehead atoms. The molecule has 25 heavy (non-hydrogen) atoms. The van der Waals surface area contributed by atoms with Gasteiger partial charge in [-0.05, 0) is 24.3 Å². The summed E-state index contributed by atoms with van der Waals surface area (Å²) in [6.07, 6.45) is 0. The number of carbonyl (C=O) groups excluding carboxylic acids is 1. The molecule has 0 aliphatic carbocycles. The van der Waals surface area contributed by atoms with E-state index >= 15 is 0 Å². The van der Waals surface area contributed by atoms with E-state index in [2.05, 4.69) is 15.0 Å². The Kier molecular flexibility index (Phi) is 6.93. The SMILES string of the molecule is CC(=O)OSc1ccc(-c2nc(C(Cl)(Cl)Cl)nc(C(Cl)(Cl)Cl)n2)cc1. The first-order valence-corrected chi connectivity index (χ1v) is 9.34. The fourth-order valence-corrected chi connectivity index (χ4v) is 2.49. The second-order valence-corrected chi connectivity index (χ2v) is 9.85. The molecule has 1 aromatic carbocycles. The standard InChI is InChI=1S/C13H7Cl6N3O2S/c1-6(23)24-25-8-4-2-7(3-5-8)9-20-10(12(14,15)16)22-11(21-9)13(17,18)19/h2-5H,1H3. The zero-order valence-corrected chi connectivity index (χ0v) is 17.5. The van der Waals surface area contributed by atoms with Crippen LogP contribution in [-0.2, 0) is 16.6 Å². The van der Waals surface area contributed by atoms with Crippen molar-refractivity contribution < 1.29 is 8.98 Å². The van der Waals surface area contributed by atoms with Crippen molar-refractivity contribution in [2.75, 3.05) is 0 Å². The lowest BCUT2D eigenvalue weighted by Gasteiger charge is -2.15. The van der Waals surface area contributed by atoms with Crippen LogP contribution in [0.5, 0.6) is 0 Å². The van der Waals surface area contributed by atoms with Gasteiger partial charge in [-0.15, -0.1) is 0 Å². The van der Waals surface area contributed by atoms with Gasteiger partial charge in [0.25, 0.3) is 0 Å². The fraction of sp³-hybridized carbons (Fsp3) is 0.231. The Morgan fingerprint density at radius 3 is 1.80 bits per heavy atom. The molecule has 134 valence electrons. The highest BCUT2D eigenvalue weighted by Crippen LogP contribution is 2.40. The number of hydrogen-bond donors (Lipinski definition) is 0. The van der Waals surface area contributed by atoms with E-state index in [9.17, 15) is 4.79 Å². The Balaban J connectivity index is 2.42. The maximum Gasteiger partial charge on any atom is 0.315 e. The van der Waals surface area contributed by atoms with E-state index in [4.69, 9.17) is 73.8 Å². The van der Waals surface area contributed by atoms with Gasteiger partial charge in [0.1, 0.15) is 0 Å². The summed E-state index contributed by atoms with van der Waals surface area (Å²) in [6.45, 7) is 1.31. The summed E-state index contributed by atoms with van der Waals surface area (Å²) in [4.78, 5) is 23.6. The summed E-state index contributed by atoms with van der Waals surface area (Å²) in [6, 6.07) is 6.73. The molecular formula is C13H7Cl6N3O2S. The summed E-state index contributed by atoms with van der Waals surface area (Å²) in [5.74, 6) is -0.614. The average molecular weight is 482 g/mol. The minimum atomic E-state index is -1.92. The maximum absolute atomic E-state index is 10.8. The molecule has 0 saturated carbocycles. The lowest BCUT2D eigenvalue weighted by Crippen LogP contribution is -2.16. The van der Waals surface area contributed by atoms with Crippen LogP contribution >= 0.6 is 81.6 Å². The first kappa shape index (κ1) is 21.1. The second-order valence-electron chi connectivity index (χ2n) is 4.48. The van der Waals surface area contributed by atoms with E-state index in [0.717, 1.165) is 12.0 Å². The van der Waals surface area contributed by atoms with Crippen molar-refractivity contribution in [1.82, 2.24) is 15.0 Å². The Labute approximate surface area is 177 Å². The normalized spacial score (nSPS) is 12.1. The van der Waals surface area contributed by atoms with Crippen LogP contribution in [0.3, 0.4) is 0 Å². The molecule has 0 N–H and O–H groups in total. The molecule has 0 amide bonds. The van der Waals surface area contributed by atoms with Crippen molar-refractivity contribution in [1.29, 1.82) is 0 Å². The zero-order valence-electron chi connectivity index (χ0n) is 12.1. The Bertz CT molecular complexity index is 745. The van der Waals surface area contributed by atoms with Gasteiger partial charge in [0.2, 0.25) is 7.59 Å². The third-order valence-corrected chi connectivity index (χ3v) is 4.31. The van der Waals surface area contributed by atoms with E-state index in [0.29, 0.717) is 10.5 Å². The highest BCUT2D eigenvalue weighted by Gasteiger charge is 2.34. The Hall–Kier alpha value is -0.210. The number of halogens is 6. The van der Waals surface area contributed by atoms with Crippen LogP contribution in [0, 0.1) is 0 Å². The highest BCUT2D eigenvalue weighted by atomic mass is 35.6. The summed E-state index contributed by atoms with van der Waals surface area (Å²) >= 11 is 35.9. The third kappa shape index (κ3) is 6.17. The Morgan fingerprint density at radius 2 is 1.40 bits per heavy atom. The van der Waals surface area contributed by atoms with Gasteiger partial charge in [-0.1, -0.05) is 69.6 Å². The van der Waals surface area contributed by atoms with E-state index < -0.39 is 13.6 Å².